The highest BCUT2D eigenvalue weighted by molar-refractivity contribution is 5.86. The highest BCUT2D eigenvalue weighted by atomic mass is 16.6. The van der Waals surface area contributed by atoms with Crippen LogP contribution in [0, 0.1) is 21.4 Å². The second-order valence-electron chi connectivity index (χ2n) is 5.86. The number of amides is 1. The minimum Gasteiger partial charge on any atom is -0.370 e. The van der Waals surface area contributed by atoms with E-state index in [0.717, 1.165) is 12.2 Å². The van der Waals surface area contributed by atoms with Crippen molar-refractivity contribution in [2.75, 3.05) is 24.5 Å². The zero-order chi connectivity index (χ0) is 21.2. The second-order valence-corrected chi connectivity index (χ2v) is 5.86. The Morgan fingerprint density at radius 2 is 2.03 bits per heavy atom. The zero-order valence-corrected chi connectivity index (χ0v) is 15.9. The van der Waals surface area contributed by atoms with Crippen molar-refractivity contribution in [3.05, 3.63) is 70.8 Å². The molecule has 0 radical (unpaired) electrons. The van der Waals surface area contributed by atoms with Gasteiger partial charge in [0, 0.05) is 37.5 Å². The number of nitrogens with zero attached hydrogens (tertiary/aromatic N) is 5. The van der Waals surface area contributed by atoms with Crippen LogP contribution in [0.25, 0.3) is 0 Å². The van der Waals surface area contributed by atoms with Gasteiger partial charge >= 0.3 is 0 Å². The van der Waals surface area contributed by atoms with Gasteiger partial charge in [-0.1, -0.05) is 6.58 Å². The van der Waals surface area contributed by atoms with Crippen LogP contribution in [0.1, 0.15) is 12.5 Å². The SMILES string of the molecule is C=CC(=O)NCCN(CC)c1ccc(N=Nc2ccc([N+](=O)[O-])cc2C#N)cc1. The fraction of sp³-hybridized carbons (Fsp3) is 0.200. The second kappa shape index (κ2) is 10.3. The summed E-state index contributed by atoms with van der Waals surface area (Å²) in [5.41, 5.74) is 1.71. The maximum atomic E-state index is 11.2. The van der Waals surface area contributed by atoms with Crippen molar-refractivity contribution in [2.45, 2.75) is 6.92 Å². The Bertz CT molecular complexity index is 963. The predicted octanol–water partition coefficient (Wildman–Crippen LogP) is 4.01. The Morgan fingerprint density at radius 1 is 1.31 bits per heavy atom. The molecule has 148 valence electrons. The molecule has 0 aromatic heterocycles. The van der Waals surface area contributed by atoms with Crippen molar-refractivity contribution in [3.63, 3.8) is 0 Å². The van der Waals surface area contributed by atoms with Crippen LogP contribution < -0.4 is 10.2 Å². The fourth-order valence-electron chi connectivity index (χ4n) is 2.51. The number of nitrogens with one attached hydrogen (secondary N) is 1. The number of anilines is 1. The van der Waals surface area contributed by atoms with E-state index in [1.165, 1.54) is 24.3 Å². The molecule has 2 rings (SSSR count). The molecule has 0 atom stereocenters. The molecular weight excluding hydrogens is 372 g/mol. The summed E-state index contributed by atoms with van der Waals surface area (Å²) in [7, 11) is 0. The van der Waals surface area contributed by atoms with Crippen LogP contribution in [0.2, 0.25) is 0 Å². The number of likely N-dealkylation sites (N-methyl/N-ethyl adjacent to an activating group) is 1. The number of rotatable bonds is 9. The number of carbonyl (C=O) groups excluding carboxylic acids is 1. The van der Waals surface area contributed by atoms with Gasteiger partial charge in [-0.3, -0.25) is 14.9 Å². The molecule has 0 aliphatic heterocycles. The molecule has 0 saturated carbocycles. The molecule has 1 amide bonds. The van der Waals surface area contributed by atoms with Gasteiger partial charge in [0.1, 0.15) is 11.8 Å². The van der Waals surface area contributed by atoms with Crippen molar-refractivity contribution in [3.8, 4) is 6.07 Å². The standard InChI is InChI=1S/C20H20N6O3/c1-3-20(27)22-11-12-25(4-2)17-7-5-16(6-8-17)23-24-19-10-9-18(26(28)29)13-15(19)14-21/h3,5-10,13H,1,4,11-12H2,2H3,(H,22,27). The number of benzene rings is 2. The largest absolute Gasteiger partial charge is 0.370 e. The van der Waals surface area contributed by atoms with Crippen LogP contribution in [0.5, 0.6) is 0 Å². The average molecular weight is 392 g/mol. The molecule has 2 aromatic rings. The molecule has 0 unspecified atom stereocenters. The molecule has 9 nitrogen and oxygen atoms in total. The lowest BCUT2D eigenvalue weighted by Crippen LogP contribution is -2.34. The Labute approximate surface area is 168 Å². The van der Waals surface area contributed by atoms with E-state index < -0.39 is 4.92 Å². The molecule has 9 heteroatoms. The summed E-state index contributed by atoms with van der Waals surface area (Å²) >= 11 is 0. The number of azo groups is 1. The normalized spacial score (nSPS) is 10.3. The maximum Gasteiger partial charge on any atom is 0.270 e. The van der Waals surface area contributed by atoms with Crippen molar-refractivity contribution >= 4 is 28.7 Å². The number of nitro groups is 1. The number of carbonyl (C=O) groups is 1. The summed E-state index contributed by atoms with van der Waals surface area (Å²) in [6.45, 7) is 7.34. The number of hydrogen-bond donors (Lipinski definition) is 1. The van der Waals surface area contributed by atoms with Crippen molar-refractivity contribution in [2.24, 2.45) is 10.2 Å². The Kier molecular flexibility index (Phi) is 7.56. The monoisotopic (exact) mass is 392 g/mol. The van der Waals surface area contributed by atoms with Gasteiger partial charge in [0.25, 0.3) is 5.69 Å². The first-order chi connectivity index (χ1) is 14.0. The highest BCUT2D eigenvalue weighted by Gasteiger charge is 2.10. The third-order valence-corrected chi connectivity index (χ3v) is 4.05. The van der Waals surface area contributed by atoms with Crippen LogP contribution in [-0.4, -0.2) is 30.5 Å². The summed E-state index contributed by atoms with van der Waals surface area (Å²) in [4.78, 5) is 23.5. The first-order valence-corrected chi connectivity index (χ1v) is 8.84. The first-order valence-electron chi connectivity index (χ1n) is 8.84. The van der Waals surface area contributed by atoms with Gasteiger partial charge in [-0.2, -0.15) is 10.4 Å². The van der Waals surface area contributed by atoms with Crippen LogP contribution in [0.4, 0.5) is 22.7 Å². The van der Waals surface area contributed by atoms with Gasteiger partial charge in [0.15, 0.2) is 0 Å². The Balaban J connectivity index is 2.08. The number of non-ortho nitro benzene ring substituents is 1. The van der Waals surface area contributed by atoms with Gasteiger partial charge in [0.2, 0.25) is 5.91 Å². The minimum atomic E-state index is -0.567. The van der Waals surface area contributed by atoms with E-state index >= 15 is 0 Å². The lowest BCUT2D eigenvalue weighted by Gasteiger charge is -2.23. The summed E-state index contributed by atoms with van der Waals surface area (Å²) in [5.74, 6) is -0.209. The molecule has 29 heavy (non-hydrogen) atoms. The van der Waals surface area contributed by atoms with E-state index in [1.807, 2.05) is 25.1 Å². The summed E-state index contributed by atoms with van der Waals surface area (Å²) < 4.78 is 0. The van der Waals surface area contributed by atoms with Crippen molar-refractivity contribution in [1.82, 2.24) is 5.32 Å². The maximum absolute atomic E-state index is 11.2. The van der Waals surface area contributed by atoms with E-state index in [-0.39, 0.29) is 22.8 Å². The van der Waals surface area contributed by atoms with E-state index in [9.17, 15) is 14.9 Å². The number of nitriles is 1. The summed E-state index contributed by atoms with van der Waals surface area (Å²) in [5, 5.41) is 30.8. The molecule has 0 bridgehead atoms. The lowest BCUT2D eigenvalue weighted by molar-refractivity contribution is -0.384. The van der Waals surface area contributed by atoms with E-state index in [1.54, 1.807) is 12.1 Å². The molecular formula is C20H20N6O3. The van der Waals surface area contributed by atoms with Gasteiger partial charge in [0.05, 0.1) is 16.2 Å². The quantitative estimate of drug-likeness (QED) is 0.299. The Hall–Kier alpha value is -4.06. The third kappa shape index (κ3) is 5.97. The minimum absolute atomic E-state index is 0.0818. The van der Waals surface area contributed by atoms with Gasteiger partial charge < -0.3 is 10.2 Å². The summed E-state index contributed by atoms with van der Waals surface area (Å²) in [6, 6.07) is 13.1. The van der Waals surface area contributed by atoms with Gasteiger partial charge in [-0.25, -0.2) is 0 Å². The predicted molar refractivity (Wildman–Crippen MR) is 110 cm³/mol. The number of hydrogen-bond acceptors (Lipinski definition) is 7. The molecule has 0 aliphatic carbocycles. The number of nitro benzene ring substituents is 1. The van der Waals surface area contributed by atoms with Crippen molar-refractivity contribution < 1.29 is 9.72 Å². The molecule has 1 N–H and O–H groups in total. The smallest absolute Gasteiger partial charge is 0.270 e. The van der Waals surface area contributed by atoms with Gasteiger partial charge in [-0.05, 0) is 43.3 Å². The summed E-state index contributed by atoms with van der Waals surface area (Å²) in [6.07, 6.45) is 1.23. The molecule has 2 aromatic carbocycles. The fourth-order valence-corrected chi connectivity index (χ4v) is 2.51. The van der Waals surface area contributed by atoms with Crippen LogP contribution in [-0.2, 0) is 4.79 Å². The molecule has 0 spiro atoms. The van der Waals surface area contributed by atoms with E-state index in [2.05, 4.69) is 27.0 Å². The van der Waals surface area contributed by atoms with Crippen LogP contribution >= 0.6 is 0 Å². The molecule has 0 saturated heterocycles. The highest BCUT2D eigenvalue weighted by Crippen LogP contribution is 2.26. The molecule has 0 fully saturated rings. The van der Waals surface area contributed by atoms with Gasteiger partial charge in [-0.15, -0.1) is 5.11 Å². The molecule has 0 aliphatic rings. The molecule has 0 heterocycles. The van der Waals surface area contributed by atoms with E-state index in [0.29, 0.717) is 18.8 Å². The average Bonchev–Trinajstić information content (AvgIpc) is 2.75. The van der Waals surface area contributed by atoms with E-state index in [4.69, 9.17) is 5.26 Å². The third-order valence-electron chi connectivity index (χ3n) is 4.05. The Morgan fingerprint density at radius 3 is 2.62 bits per heavy atom. The van der Waals surface area contributed by atoms with Crippen LogP contribution in [0.15, 0.2) is 65.3 Å². The van der Waals surface area contributed by atoms with Crippen molar-refractivity contribution in [1.29, 1.82) is 5.26 Å². The first kappa shape index (κ1) is 21.2. The topological polar surface area (TPSA) is 124 Å². The van der Waals surface area contributed by atoms with Crippen LogP contribution in [0.3, 0.4) is 0 Å². The lowest BCUT2D eigenvalue weighted by atomic mass is 10.2. The zero-order valence-electron chi connectivity index (χ0n) is 15.9.